The van der Waals surface area contributed by atoms with E-state index in [2.05, 4.69) is 43.3 Å². The van der Waals surface area contributed by atoms with Gasteiger partial charge in [-0.15, -0.1) is 6.42 Å². The van der Waals surface area contributed by atoms with E-state index in [1.54, 1.807) is 6.07 Å². The number of benzene rings is 2. The van der Waals surface area contributed by atoms with Crippen LogP contribution >= 0.6 is 23.2 Å². The number of rotatable bonds is 5. The number of nitrogens with one attached hydrogen (secondary N) is 1. The van der Waals surface area contributed by atoms with Gasteiger partial charge in [-0.1, -0.05) is 46.8 Å². The molecule has 0 heterocycles. The Bertz CT molecular complexity index is 720. The van der Waals surface area contributed by atoms with Crippen LogP contribution in [0.1, 0.15) is 16.7 Å². The molecule has 2 aromatic carbocycles. The van der Waals surface area contributed by atoms with Crippen LogP contribution in [0.3, 0.4) is 0 Å². The predicted molar refractivity (Wildman–Crippen MR) is 94.0 cm³/mol. The van der Waals surface area contributed by atoms with Gasteiger partial charge in [0.15, 0.2) is 0 Å². The van der Waals surface area contributed by atoms with Gasteiger partial charge in [-0.2, -0.15) is 0 Å². The van der Waals surface area contributed by atoms with Crippen LogP contribution in [0.15, 0.2) is 30.3 Å². The zero-order chi connectivity index (χ0) is 16.1. The molecule has 0 fully saturated rings. The number of ether oxygens (including phenoxy) is 1. The summed E-state index contributed by atoms with van der Waals surface area (Å²) in [5.74, 6) is 3.01. The zero-order valence-corrected chi connectivity index (χ0v) is 14.1. The molecule has 0 aliphatic rings. The molecule has 0 spiro atoms. The van der Waals surface area contributed by atoms with Gasteiger partial charge in [0.2, 0.25) is 0 Å². The SMILES string of the molecule is C#CCOc1c(Cl)cc(Cl)cc1CNc1ccc(C)cc1C. The minimum absolute atomic E-state index is 0.165. The summed E-state index contributed by atoms with van der Waals surface area (Å²) in [6.45, 7) is 4.84. The predicted octanol–water partition coefficient (Wildman–Crippen LogP) is 5.23. The summed E-state index contributed by atoms with van der Waals surface area (Å²) in [4.78, 5) is 0. The maximum Gasteiger partial charge on any atom is 0.148 e. The Morgan fingerprint density at radius 2 is 1.95 bits per heavy atom. The highest BCUT2D eigenvalue weighted by Crippen LogP contribution is 2.33. The van der Waals surface area contributed by atoms with Gasteiger partial charge >= 0.3 is 0 Å². The van der Waals surface area contributed by atoms with E-state index in [0.717, 1.165) is 11.3 Å². The standard InChI is InChI=1S/C18H17Cl2NO/c1-4-7-22-18-14(9-15(19)10-16(18)20)11-21-17-6-5-12(2)8-13(17)3/h1,5-6,8-10,21H,7,11H2,2-3H3. The normalized spacial score (nSPS) is 10.1. The van der Waals surface area contributed by atoms with Gasteiger partial charge in [-0.3, -0.25) is 0 Å². The zero-order valence-electron chi connectivity index (χ0n) is 12.5. The molecule has 0 amide bonds. The second-order valence-corrected chi connectivity index (χ2v) is 5.88. The number of halogens is 2. The highest BCUT2D eigenvalue weighted by molar-refractivity contribution is 6.35. The minimum atomic E-state index is 0.165. The quantitative estimate of drug-likeness (QED) is 0.756. The van der Waals surface area contributed by atoms with Crippen molar-refractivity contribution >= 4 is 28.9 Å². The molecule has 0 aliphatic carbocycles. The average molecular weight is 334 g/mol. The Hall–Kier alpha value is -1.82. The third-order valence-electron chi connectivity index (χ3n) is 3.24. The van der Waals surface area contributed by atoms with Crippen molar-refractivity contribution in [3.63, 3.8) is 0 Å². The molecule has 22 heavy (non-hydrogen) atoms. The molecule has 0 saturated heterocycles. The highest BCUT2D eigenvalue weighted by atomic mass is 35.5. The van der Waals surface area contributed by atoms with Gasteiger partial charge in [-0.25, -0.2) is 0 Å². The minimum Gasteiger partial charge on any atom is -0.479 e. The van der Waals surface area contributed by atoms with Gasteiger partial charge in [0, 0.05) is 22.8 Å². The Labute approximate surface area is 141 Å². The third-order valence-corrected chi connectivity index (χ3v) is 3.74. The topological polar surface area (TPSA) is 21.3 Å². The lowest BCUT2D eigenvalue weighted by molar-refractivity contribution is 0.367. The highest BCUT2D eigenvalue weighted by Gasteiger charge is 2.11. The first kappa shape index (κ1) is 16.5. The molecular weight excluding hydrogens is 317 g/mol. The van der Waals surface area contributed by atoms with Crippen LogP contribution in [0.2, 0.25) is 10.0 Å². The number of hydrogen-bond acceptors (Lipinski definition) is 2. The van der Waals surface area contributed by atoms with E-state index in [0.29, 0.717) is 22.3 Å². The van der Waals surface area contributed by atoms with E-state index >= 15 is 0 Å². The van der Waals surface area contributed by atoms with E-state index in [1.165, 1.54) is 11.1 Å². The smallest absolute Gasteiger partial charge is 0.148 e. The third kappa shape index (κ3) is 4.10. The largest absolute Gasteiger partial charge is 0.479 e. The number of aryl methyl sites for hydroxylation is 2. The molecule has 4 heteroatoms. The first-order valence-corrected chi connectivity index (χ1v) is 7.62. The lowest BCUT2D eigenvalue weighted by Gasteiger charge is -2.15. The number of anilines is 1. The van der Waals surface area contributed by atoms with Gasteiger partial charge in [-0.05, 0) is 37.6 Å². The molecule has 2 rings (SSSR count). The molecule has 1 N–H and O–H groups in total. The second-order valence-electron chi connectivity index (χ2n) is 5.04. The Morgan fingerprint density at radius 3 is 2.64 bits per heavy atom. The van der Waals surface area contributed by atoms with Crippen molar-refractivity contribution in [3.8, 4) is 18.1 Å². The maximum atomic E-state index is 6.20. The van der Waals surface area contributed by atoms with Crippen LogP contribution in [0, 0.1) is 26.2 Å². The Morgan fingerprint density at radius 1 is 1.18 bits per heavy atom. The van der Waals surface area contributed by atoms with Crippen LogP contribution < -0.4 is 10.1 Å². The molecular formula is C18H17Cl2NO. The molecule has 2 nitrogen and oxygen atoms in total. The summed E-state index contributed by atoms with van der Waals surface area (Å²) in [7, 11) is 0. The summed E-state index contributed by atoms with van der Waals surface area (Å²) in [6.07, 6.45) is 5.25. The molecule has 0 radical (unpaired) electrons. The van der Waals surface area contributed by atoms with Crippen molar-refractivity contribution < 1.29 is 4.74 Å². The van der Waals surface area contributed by atoms with Gasteiger partial charge in [0.25, 0.3) is 0 Å². The van der Waals surface area contributed by atoms with Crippen molar-refractivity contribution in [1.29, 1.82) is 0 Å². The maximum absolute atomic E-state index is 6.20. The second kappa shape index (κ2) is 7.45. The first-order valence-electron chi connectivity index (χ1n) is 6.86. The molecule has 0 aromatic heterocycles. The lowest BCUT2D eigenvalue weighted by atomic mass is 10.1. The van der Waals surface area contributed by atoms with Crippen molar-refractivity contribution in [1.82, 2.24) is 0 Å². The summed E-state index contributed by atoms with van der Waals surface area (Å²) >= 11 is 12.3. The summed E-state index contributed by atoms with van der Waals surface area (Å²) < 4.78 is 5.54. The van der Waals surface area contributed by atoms with E-state index in [-0.39, 0.29) is 6.61 Å². The van der Waals surface area contributed by atoms with Gasteiger partial charge < -0.3 is 10.1 Å². The first-order chi connectivity index (χ1) is 10.5. The molecule has 0 atom stereocenters. The van der Waals surface area contributed by atoms with Crippen LogP contribution in [-0.2, 0) is 6.54 Å². The number of hydrogen-bond donors (Lipinski definition) is 1. The van der Waals surface area contributed by atoms with Crippen LogP contribution in [-0.4, -0.2) is 6.61 Å². The fourth-order valence-electron chi connectivity index (χ4n) is 2.22. The summed E-state index contributed by atoms with van der Waals surface area (Å²) in [5.41, 5.74) is 4.34. The monoisotopic (exact) mass is 333 g/mol. The molecule has 2 aromatic rings. The van der Waals surface area contributed by atoms with Crippen LogP contribution in [0.25, 0.3) is 0 Å². The summed E-state index contributed by atoms with van der Waals surface area (Å²) in [5, 5.41) is 4.40. The van der Waals surface area contributed by atoms with E-state index in [9.17, 15) is 0 Å². The van der Waals surface area contributed by atoms with Crippen molar-refractivity contribution in [2.75, 3.05) is 11.9 Å². The van der Waals surface area contributed by atoms with E-state index in [4.69, 9.17) is 34.4 Å². The summed E-state index contributed by atoms with van der Waals surface area (Å²) in [6, 6.07) is 9.73. The average Bonchev–Trinajstić information content (AvgIpc) is 2.45. The molecule has 114 valence electrons. The molecule has 0 unspecified atom stereocenters. The number of terminal acetylenes is 1. The fourth-order valence-corrected chi connectivity index (χ4v) is 2.81. The fraction of sp³-hybridized carbons (Fsp3) is 0.222. The van der Waals surface area contributed by atoms with Crippen LogP contribution in [0.5, 0.6) is 5.75 Å². The van der Waals surface area contributed by atoms with Gasteiger partial charge in [0.05, 0.1) is 5.02 Å². The lowest BCUT2D eigenvalue weighted by Crippen LogP contribution is -2.05. The van der Waals surface area contributed by atoms with Crippen molar-refractivity contribution in [3.05, 3.63) is 57.1 Å². The van der Waals surface area contributed by atoms with E-state index in [1.807, 2.05) is 6.07 Å². The van der Waals surface area contributed by atoms with Crippen LogP contribution in [0.4, 0.5) is 5.69 Å². The van der Waals surface area contributed by atoms with Crippen molar-refractivity contribution in [2.24, 2.45) is 0 Å². The molecule has 0 bridgehead atoms. The van der Waals surface area contributed by atoms with Gasteiger partial charge in [0.1, 0.15) is 12.4 Å². The molecule has 0 saturated carbocycles. The molecule has 0 aliphatic heterocycles. The Balaban J connectivity index is 2.23. The Kier molecular flexibility index (Phi) is 5.60. The van der Waals surface area contributed by atoms with E-state index < -0.39 is 0 Å². The van der Waals surface area contributed by atoms with Crippen molar-refractivity contribution in [2.45, 2.75) is 20.4 Å².